The fraction of sp³-hybridized carbons (Fsp3) is 0.471. The van der Waals surface area contributed by atoms with Crippen LogP contribution in [0.3, 0.4) is 0 Å². The quantitative estimate of drug-likeness (QED) is 0.0556. The van der Waals surface area contributed by atoms with Crippen LogP contribution in [0.15, 0.2) is 125 Å². The van der Waals surface area contributed by atoms with Gasteiger partial charge in [0.25, 0.3) is 0 Å². The van der Waals surface area contributed by atoms with Crippen molar-refractivity contribution in [1.29, 1.82) is 0 Å². The highest BCUT2D eigenvalue weighted by Crippen LogP contribution is 2.54. The molecule has 4 aliphatic carbocycles. The second kappa shape index (κ2) is 27.9. The molecule has 1 heterocycles. The van der Waals surface area contributed by atoms with Gasteiger partial charge in [0.15, 0.2) is 5.75 Å². The van der Waals surface area contributed by atoms with Crippen molar-refractivity contribution in [3.05, 3.63) is 126 Å². The van der Waals surface area contributed by atoms with Gasteiger partial charge in [-0.15, -0.1) is 0 Å². The number of carbonyl (C=O) groups excluding carboxylic acids is 6. The lowest BCUT2D eigenvalue weighted by Crippen LogP contribution is -2.30. The number of para-hydroxylation sites is 2. The highest BCUT2D eigenvalue weighted by Gasteiger charge is 2.35. The van der Waals surface area contributed by atoms with E-state index in [1.807, 2.05) is 53.4 Å². The number of hydrogen-bond acceptors (Lipinski definition) is 14. The summed E-state index contributed by atoms with van der Waals surface area (Å²) in [5, 5.41) is 0. The Balaban J connectivity index is 0.725. The molecule has 4 saturated carbocycles. The Hall–Kier alpha value is -6.93. The Labute approximate surface area is 486 Å². The van der Waals surface area contributed by atoms with Gasteiger partial charge < -0.3 is 33.3 Å². The summed E-state index contributed by atoms with van der Waals surface area (Å²) in [5.74, 6) is -0.443. The first-order valence-corrected chi connectivity index (χ1v) is 31.1. The monoisotopic (exact) mass is 1130 g/mol. The zero-order valence-corrected chi connectivity index (χ0v) is 48.2. The molecule has 0 unspecified atom stereocenters. The Morgan fingerprint density at radius 2 is 0.780 bits per heavy atom. The van der Waals surface area contributed by atoms with E-state index >= 15 is 0 Å². The minimum absolute atomic E-state index is 0.0968. The highest BCUT2D eigenvalue weighted by molar-refractivity contribution is 7.99. The molecule has 0 aromatic heterocycles. The summed E-state index contributed by atoms with van der Waals surface area (Å²) in [7, 11) is 0. The molecular formula is C68H77NO12S. The zero-order chi connectivity index (χ0) is 57.0. The van der Waals surface area contributed by atoms with Crippen LogP contribution in [-0.4, -0.2) is 48.0 Å². The zero-order valence-electron chi connectivity index (χ0n) is 47.4. The number of fused-ring (bicyclic) bond motifs is 2. The van der Waals surface area contributed by atoms with Crippen LogP contribution in [0.4, 0.5) is 17.1 Å². The molecule has 0 radical (unpaired) electrons. The van der Waals surface area contributed by atoms with Gasteiger partial charge in [-0.2, -0.15) is 0 Å². The van der Waals surface area contributed by atoms with Crippen molar-refractivity contribution < 1.29 is 57.2 Å². The molecule has 0 N–H and O–H groups in total. The van der Waals surface area contributed by atoms with E-state index in [0.29, 0.717) is 103 Å². The molecule has 0 atom stereocenters. The third-order valence-corrected chi connectivity index (χ3v) is 18.6. The van der Waals surface area contributed by atoms with Crippen molar-refractivity contribution in [2.45, 2.75) is 177 Å². The lowest BCUT2D eigenvalue weighted by Gasteiger charge is -2.34. The summed E-state index contributed by atoms with van der Waals surface area (Å²) in [6.07, 6.45) is 17.9. The van der Waals surface area contributed by atoms with Crippen molar-refractivity contribution in [2.24, 2.45) is 35.5 Å². The molecular weight excluding hydrogens is 1050 g/mol. The van der Waals surface area contributed by atoms with Crippen molar-refractivity contribution in [2.75, 3.05) is 4.90 Å². The number of carbonyl (C=O) groups is 6. The van der Waals surface area contributed by atoms with Crippen LogP contribution in [-0.2, 0) is 28.7 Å². The standard InChI is InChI=1S/C68H77NO12S/c1-3-5-11-44-17-21-46(22-18-44)63(70)76-52-33-25-48(26-34-52)65(72)78-54-37-29-50(30-38-54)67(74)80-56-41-42-60(59(43-56)69-57-13-7-9-15-61(57)82-62-16-10-8-14-58(62)69)81-68(75)51-31-39-55(40-32-51)79-66(73)49-27-35-53(36-28-49)77-64(71)47-23-19-45(20-24-47)12-6-4-2/h7-10,13-16,25-28,33-36,41-47,50-51,54-55H,3-6,11-12,17-24,29-32,37-40H2,1-2H3. The molecule has 5 aromatic carbocycles. The molecule has 10 rings (SSSR count). The smallest absolute Gasteiger partial charge is 0.338 e. The van der Waals surface area contributed by atoms with Crippen LogP contribution in [0, 0.1) is 35.5 Å². The number of hydrogen-bond donors (Lipinski definition) is 0. The Bertz CT molecular complexity index is 2970. The third-order valence-electron chi connectivity index (χ3n) is 17.5. The number of ether oxygens (including phenoxy) is 6. The summed E-state index contributed by atoms with van der Waals surface area (Å²) >= 11 is 1.64. The summed E-state index contributed by atoms with van der Waals surface area (Å²) in [6, 6.07) is 34.1. The second-order valence-electron chi connectivity index (χ2n) is 23.2. The molecule has 0 spiro atoms. The molecule has 13 nitrogen and oxygen atoms in total. The van der Waals surface area contributed by atoms with E-state index in [2.05, 4.69) is 13.8 Å². The number of anilines is 3. The maximum Gasteiger partial charge on any atom is 0.338 e. The summed E-state index contributed by atoms with van der Waals surface area (Å²) in [6.45, 7) is 4.42. The largest absolute Gasteiger partial charge is 0.459 e. The van der Waals surface area contributed by atoms with Crippen LogP contribution >= 0.6 is 11.8 Å². The first-order chi connectivity index (χ1) is 40.0. The molecule has 82 heavy (non-hydrogen) atoms. The number of nitrogens with zero attached hydrogens (tertiary/aromatic N) is 1. The van der Waals surface area contributed by atoms with Crippen molar-refractivity contribution >= 4 is 64.6 Å². The van der Waals surface area contributed by atoms with Crippen molar-refractivity contribution in [1.82, 2.24) is 0 Å². The van der Waals surface area contributed by atoms with E-state index < -0.39 is 35.7 Å². The lowest BCUT2D eigenvalue weighted by atomic mass is 9.80. The van der Waals surface area contributed by atoms with Crippen LogP contribution in [0.2, 0.25) is 0 Å². The maximum atomic E-state index is 14.2. The Morgan fingerprint density at radius 3 is 1.20 bits per heavy atom. The normalized spacial score (nSPS) is 23.2. The van der Waals surface area contributed by atoms with Crippen molar-refractivity contribution in [3.63, 3.8) is 0 Å². The molecule has 5 aliphatic rings. The number of esters is 6. The van der Waals surface area contributed by atoms with E-state index in [1.165, 1.54) is 38.5 Å². The Morgan fingerprint density at radius 1 is 0.415 bits per heavy atom. The first-order valence-electron chi connectivity index (χ1n) is 30.3. The van der Waals surface area contributed by atoms with Gasteiger partial charge in [0.05, 0.1) is 51.9 Å². The van der Waals surface area contributed by atoms with E-state index in [9.17, 15) is 28.8 Å². The number of unbranched alkanes of at least 4 members (excludes halogenated alkanes) is 2. The predicted molar refractivity (Wildman–Crippen MR) is 313 cm³/mol. The van der Waals surface area contributed by atoms with Gasteiger partial charge in [0.2, 0.25) is 0 Å². The third kappa shape index (κ3) is 14.8. The van der Waals surface area contributed by atoms with Gasteiger partial charge in [-0.25, -0.2) is 9.59 Å². The average Bonchev–Trinajstić information content (AvgIpc) is 3.07. The molecule has 5 aromatic rings. The maximum absolute atomic E-state index is 14.2. The molecule has 432 valence electrons. The van der Waals surface area contributed by atoms with Crippen LogP contribution in [0.25, 0.3) is 0 Å². The van der Waals surface area contributed by atoms with Gasteiger partial charge in [-0.05, 0) is 199 Å². The topological polar surface area (TPSA) is 161 Å². The fourth-order valence-corrected chi connectivity index (χ4v) is 13.6. The molecule has 14 heteroatoms. The fourth-order valence-electron chi connectivity index (χ4n) is 12.5. The van der Waals surface area contributed by atoms with E-state index in [-0.39, 0.29) is 36.0 Å². The average molecular weight is 1130 g/mol. The van der Waals surface area contributed by atoms with Crippen LogP contribution < -0.4 is 23.8 Å². The number of rotatable bonds is 19. The first kappa shape index (κ1) is 58.3. The van der Waals surface area contributed by atoms with Crippen molar-refractivity contribution in [3.8, 4) is 23.0 Å². The molecule has 0 bridgehead atoms. The second-order valence-corrected chi connectivity index (χ2v) is 24.3. The molecule has 0 amide bonds. The SMILES string of the molecule is CCCCC1CCC(C(=O)Oc2ccc(C(=O)OC3CCC(C(=O)Oc4ccc(OC(=O)C5CCC(OC(=O)c6ccc(OC(=O)C7CCC(CCCC)CC7)cc6)CC5)c(N5c6ccccc6Sc6ccccc65)c4)CC3)cc2)CC1. The lowest BCUT2D eigenvalue weighted by molar-refractivity contribution is -0.141. The molecule has 1 aliphatic heterocycles. The van der Waals surface area contributed by atoms with E-state index in [0.717, 1.165) is 72.5 Å². The van der Waals surface area contributed by atoms with E-state index in [1.54, 1.807) is 78.5 Å². The number of benzene rings is 5. The summed E-state index contributed by atoms with van der Waals surface area (Å²) in [5.41, 5.74) is 2.98. The molecule has 0 saturated heterocycles. The minimum atomic E-state index is -0.474. The summed E-state index contributed by atoms with van der Waals surface area (Å²) < 4.78 is 35.7. The van der Waals surface area contributed by atoms with Crippen LogP contribution in [0.5, 0.6) is 23.0 Å². The van der Waals surface area contributed by atoms with Gasteiger partial charge in [0, 0.05) is 15.9 Å². The van der Waals surface area contributed by atoms with E-state index in [4.69, 9.17) is 28.4 Å². The van der Waals surface area contributed by atoms with Gasteiger partial charge >= 0.3 is 35.8 Å². The van der Waals surface area contributed by atoms with Gasteiger partial charge in [-0.1, -0.05) is 88.4 Å². The highest BCUT2D eigenvalue weighted by atomic mass is 32.2. The summed E-state index contributed by atoms with van der Waals surface area (Å²) in [4.78, 5) is 84.5. The Kier molecular flexibility index (Phi) is 19.8. The predicted octanol–water partition coefficient (Wildman–Crippen LogP) is 16.1. The van der Waals surface area contributed by atoms with Gasteiger partial charge in [0.1, 0.15) is 29.5 Å². The molecule has 4 fully saturated rings. The van der Waals surface area contributed by atoms with Gasteiger partial charge in [-0.3, -0.25) is 19.2 Å². The minimum Gasteiger partial charge on any atom is -0.459 e. The van der Waals surface area contributed by atoms with Crippen LogP contribution in [0.1, 0.15) is 176 Å².